The van der Waals surface area contributed by atoms with Gasteiger partial charge in [-0.3, -0.25) is 4.57 Å². The van der Waals surface area contributed by atoms with Gasteiger partial charge >= 0.3 is 0 Å². The Hall–Kier alpha value is -4.21. The van der Waals surface area contributed by atoms with Crippen LogP contribution < -0.4 is 5.73 Å². The summed E-state index contributed by atoms with van der Waals surface area (Å²) in [5, 5.41) is 9.07. The normalized spacial score (nSPS) is 10.9. The molecule has 32 heavy (non-hydrogen) atoms. The summed E-state index contributed by atoms with van der Waals surface area (Å²) in [6.45, 7) is 0. The highest BCUT2D eigenvalue weighted by Gasteiger charge is 2.18. The quantitative estimate of drug-likeness (QED) is 0.383. The van der Waals surface area contributed by atoms with Crippen molar-refractivity contribution in [3.63, 3.8) is 0 Å². The zero-order valence-corrected chi connectivity index (χ0v) is 17.7. The molecule has 0 fully saturated rings. The van der Waals surface area contributed by atoms with Crippen LogP contribution in [0.3, 0.4) is 0 Å². The van der Waals surface area contributed by atoms with Gasteiger partial charge in [-0.2, -0.15) is 5.26 Å². The minimum atomic E-state index is 0.397. The van der Waals surface area contributed by atoms with Crippen LogP contribution in [0, 0.1) is 11.3 Å². The van der Waals surface area contributed by atoms with E-state index in [1.807, 2.05) is 65.2 Å². The van der Waals surface area contributed by atoms with Crippen molar-refractivity contribution in [3.8, 4) is 34.4 Å². The van der Waals surface area contributed by atoms with Crippen LogP contribution >= 0.6 is 11.6 Å². The van der Waals surface area contributed by atoms with E-state index >= 15 is 0 Å². The number of benzene rings is 2. The van der Waals surface area contributed by atoms with Crippen LogP contribution in [0.15, 0.2) is 79.0 Å². The molecule has 0 bridgehead atoms. The van der Waals surface area contributed by atoms with Gasteiger partial charge in [-0.1, -0.05) is 24.3 Å². The largest absolute Gasteiger partial charge is 0.383 e. The molecule has 3 heterocycles. The molecule has 2 aromatic carbocycles. The maximum absolute atomic E-state index is 9.07. The molecular formula is C25H17ClN6. The van der Waals surface area contributed by atoms with Gasteiger partial charge in [0.05, 0.1) is 22.9 Å². The second-order valence-electron chi connectivity index (χ2n) is 7.24. The van der Waals surface area contributed by atoms with Crippen molar-refractivity contribution in [1.29, 1.82) is 5.26 Å². The molecule has 0 radical (unpaired) electrons. The molecule has 0 atom stereocenters. The minimum Gasteiger partial charge on any atom is -0.383 e. The molecule has 0 saturated heterocycles. The Balaban J connectivity index is 1.75. The predicted octanol–water partition coefficient (Wildman–Crippen LogP) is 5.34. The van der Waals surface area contributed by atoms with Crippen LogP contribution in [0.25, 0.3) is 39.5 Å². The monoisotopic (exact) mass is 436 g/mol. The second-order valence-corrected chi connectivity index (χ2v) is 7.50. The lowest BCUT2D eigenvalue weighted by atomic mass is 10.1. The van der Waals surface area contributed by atoms with Gasteiger partial charge in [0.1, 0.15) is 11.3 Å². The molecule has 6 nitrogen and oxygen atoms in total. The standard InChI is InChI=1S/C25H17ClN6/c26-14-16-5-9-19(10-6-16)32-24(20-2-1-13-29-23(20)28)31-22-12-11-21(30-25(22)32)18-7-3-17(15-27)4-8-18/h1-13H,14H2,(H2,28,29). The molecular weight excluding hydrogens is 420 g/mol. The summed E-state index contributed by atoms with van der Waals surface area (Å²) in [6, 6.07) is 25.0. The van der Waals surface area contributed by atoms with E-state index in [2.05, 4.69) is 11.1 Å². The van der Waals surface area contributed by atoms with E-state index in [0.29, 0.717) is 28.7 Å². The molecule has 5 rings (SSSR count). The van der Waals surface area contributed by atoms with Crippen molar-refractivity contribution in [1.82, 2.24) is 19.5 Å². The van der Waals surface area contributed by atoms with E-state index in [9.17, 15) is 0 Å². The molecule has 7 heteroatoms. The SMILES string of the molecule is N#Cc1ccc(-c2ccc3nc(-c4cccnc4N)n(-c4ccc(CCl)cc4)c3n2)cc1. The Morgan fingerprint density at radius 1 is 0.938 bits per heavy atom. The van der Waals surface area contributed by atoms with Gasteiger partial charge in [0.25, 0.3) is 0 Å². The molecule has 0 amide bonds. The Labute approximate surface area is 189 Å². The first-order valence-electron chi connectivity index (χ1n) is 9.94. The number of hydrogen-bond acceptors (Lipinski definition) is 5. The third kappa shape index (κ3) is 3.45. The van der Waals surface area contributed by atoms with Crippen molar-refractivity contribution in [2.75, 3.05) is 5.73 Å². The number of pyridine rings is 2. The first kappa shape index (κ1) is 19.7. The number of hydrogen-bond donors (Lipinski definition) is 1. The van der Waals surface area contributed by atoms with Crippen LogP contribution in [0.2, 0.25) is 0 Å². The molecule has 0 spiro atoms. The molecule has 0 unspecified atom stereocenters. The lowest BCUT2D eigenvalue weighted by Crippen LogP contribution is -2.02. The Kier molecular flexibility index (Phi) is 5.02. The third-order valence-corrected chi connectivity index (χ3v) is 5.55. The van der Waals surface area contributed by atoms with E-state index in [-0.39, 0.29) is 0 Å². The summed E-state index contributed by atoms with van der Waals surface area (Å²) in [5.41, 5.74) is 12.6. The summed E-state index contributed by atoms with van der Waals surface area (Å²) in [5.74, 6) is 1.50. The van der Waals surface area contributed by atoms with Crippen LogP contribution in [-0.4, -0.2) is 19.5 Å². The predicted molar refractivity (Wildman–Crippen MR) is 126 cm³/mol. The van der Waals surface area contributed by atoms with Crippen LogP contribution in [-0.2, 0) is 5.88 Å². The molecule has 154 valence electrons. The van der Waals surface area contributed by atoms with Gasteiger partial charge in [0.15, 0.2) is 11.5 Å². The number of halogens is 1. The Bertz CT molecular complexity index is 1460. The zero-order valence-electron chi connectivity index (χ0n) is 16.9. The summed E-state index contributed by atoms with van der Waals surface area (Å²) in [6.07, 6.45) is 1.66. The summed E-state index contributed by atoms with van der Waals surface area (Å²) >= 11 is 5.98. The highest BCUT2D eigenvalue weighted by Crippen LogP contribution is 2.31. The Morgan fingerprint density at radius 2 is 1.72 bits per heavy atom. The van der Waals surface area contributed by atoms with Crippen molar-refractivity contribution in [2.45, 2.75) is 5.88 Å². The maximum atomic E-state index is 9.07. The number of anilines is 1. The van der Waals surface area contributed by atoms with E-state index in [1.54, 1.807) is 18.3 Å². The van der Waals surface area contributed by atoms with Crippen LogP contribution in [0.5, 0.6) is 0 Å². The molecule has 3 aromatic heterocycles. The fourth-order valence-electron chi connectivity index (χ4n) is 3.60. The number of nitrogens with two attached hydrogens (primary N) is 1. The average Bonchev–Trinajstić information content (AvgIpc) is 3.23. The van der Waals surface area contributed by atoms with Crippen molar-refractivity contribution < 1.29 is 0 Å². The highest BCUT2D eigenvalue weighted by molar-refractivity contribution is 6.17. The minimum absolute atomic E-state index is 0.397. The summed E-state index contributed by atoms with van der Waals surface area (Å²) in [4.78, 5) is 14.0. The molecule has 5 aromatic rings. The van der Waals surface area contributed by atoms with E-state index in [1.165, 1.54) is 0 Å². The third-order valence-electron chi connectivity index (χ3n) is 5.24. The number of imidazole rings is 1. The van der Waals surface area contributed by atoms with Crippen molar-refractivity contribution in [2.24, 2.45) is 0 Å². The van der Waals surface area contributed by atoms with Gasteiger partial charge in [0, 0.05) is 23.3 Å². The first-order valence-corrected chi connectivity index (χ1v) is 10.5. The number of nitrogen functional groups attached to an aromatic ring is 1. The van der Waals surface area contributed by atoms with E-state index in [0.717, 1.165) is 33.6 Å². The van der Waals surface area contributed by atoms with Gasteiger partial charge in [-0.15, -0.1) is 11.6 Å². The van der Waals surface area contributed by atoms with E-state index < -0.39 is 0 Å². The van der Waals surface area contributed by atoms with Crippen molar-refractivity contribution in [3.05, 3.63) is 90.1 Å². The lowest BCUT2D eigenvalue weighted by Gasteiger charge is -2.11. The number of fused-ring (bicyclic) bond motifs is 1. The second kappa shape index (κ2) is 8.14. The zero-order chi connectivity index (χ0) is 22.1. The van der Waals surface area contributed by atoms with Gasteiger partial charge in [0.2, 0.25) is 0 Å². The lowest BCUT2D eigenvalue weighted by molar-refractivity contribution is 1.07. The van der Waals surface area contributed by atoms with E-state index in [4.69, 9.17) is 32.6 Å². The number of alkyl halides is 1. The summed E-state index contributed by atoms with van der Waals surface area (Å²) < 4.78 is 1.98. The molecule has 0 aliphatic carbocycles. The smallest absolute Gasteiger partial charge is 0.165 e. The first-order chi connectivity index (χ1) is 15.7. The maximum Gasteiger partial charge on any atom is 0.165 e. The van der Waals surface area contributed by atoms with Crippen molar-refractivity contribution >= 4 is 28.6 Å². The Morgan fingerprint density at radius 3 is 2.41 bits per heavy atom. The highest BCUT2D eigenvalue weighted by atomic mass is 35.5. The van der Waals surface area contributed by atoms with Gasteiger partial charge in [-0.05, 0) is 54.1 Å². The topological polar surface area (TPSA) is 93.4 Å². The number of nitrogens with zero attached hydrogens (tertiary/aromatic N) is 5. The number of nitriles is 1. The average molecular weight is 437 g/mol. The molecule has 2 N–H and O–H groups in total. The fraction of sp³-hybridized carbons (Fsp3) is 0.0400. The number of rotatable bonds is 4. The van der Waals surface area contributed by atoms with Crippen LogP contribution in [0.4, 0.5) is 5.82 Å². The van der Waals surface area contributed by atoms with Gasteiger partial charge < -0.3 is 5.73 Å². The van der Waals surface area contributed by atoms with Gasteiger partial charge in [-0.25, -0.2) is 15.0 Å². The molecule has 0 aliphatic rings. The fourth-order valence-corrected chi connectivity index (χ4v) is 3.78. The molecule has 0 saturated carbocycles. The van der Waals surface area contributed by atoms with Crippen LogP contribution in [0.1, 0.15) is 11.1 Å². The molecule has 0 aliphatic heterocycles. The number of aromatic nitrogens is 4. The summed E-state index contributed by atoms with van der Waals surface area (Å²) in [7, 11) is 0.